The second-order valence-electron chi connectivity index (χ2n) is 3.12. The minimum atomic E-state index is -0.669. The highest BCUT2D eigenvalue weighted by Gasteiger charge is 2.17. The zero-order chi connectivity index (χ0) is 11.4. The molecule has 4 heteroatoms. The molecule has 1 aromatic rings. The molecule has 0 fully saturated rings. The molecule has 0 heterocycles. The molecule has 82 valence electrons. The van der Waals surface area contributed by atoms with Crippen LogP contribution in [0.3, 0.4) is 0 Å². The van der Waals surface area contributed by atoms with Gasteiger partial charge in [0.05, 0.1) is 4.47 Å². The van der Waals surface area contributed by atoms with Crippen molar-refractivity contribution in [1.82, 2.24) is 0 Å². The molecule has 0 amide bonds. The van der Waals surface area contributed by atoms with E-state index in [9.17, 15) is 9.18 Å². The van der Waals surface area contributed by atoms with E-state index < -0.39 is 11.9 Å². The van der Waals surface area contributed by atoms with Crippen molar-refractivity contribution in [2.24, 2.45) is 0 Å². The van der Waals surface area contributed by atoms with E-state index in [-0.39, 0.29) is 5.78 Å². The van der Waals surface area contributed by atoms with Crippen LogP contribution in [0.1, 0.15) is 25.5 Å². The number of carbonyl (C=O) groups is 1. The van der Waals surface area contributed by atoms with Crippen LogP contribution in [0.15, 0.2) is 22.7 Å². The summed E-state index contributed by atoms with van der Waals surface area (Å²) in [6, 6.07) is 4.56. The number of hydrogen-bond acceptors (Lipinski definition) is 2. The number of benzene rings is 1. The Kier molecular flexibility index (Phi) is 4.42. The normalized spacial score (nSPS) is 12.5. The first-order chi connectivity index (χ1) is 7.06. The summed E-state index contributed by atoms with van der Waals surface area (Å²) in [5.41, 5.74) is 0.546. The number of rotatable bonds is 4. The number of ketones is 1. The molecule has 0 aliphatic rings. The third-order valence-electron chi connectivity index (χ3n) is 1.95. The standard InChI is InChI=1S/C11H12BrFO2/c1-3-15-11(7(2)14)8-4-5-9(12)10(13)6-8/h4-6,11H,3H2,1-2H3. The van der Waals surface area contributed by atoms with E-state index in [2.05, 4.69) is 15.9 Å². The van der Waals surface area contributed by atoms with Gasteiger partial charge in [-0.1, -0.05) is 6.07 Å². The van der Waals surface area contributed by atoms with Gasteiger partial charge in [0.1, 0.15) is 11.9 Å². The van der Waals surface area contributed by atoms with Crippen LogP contribution >= 0.6 is 15.9 Å². The van der Waals surface area contributed by atoms with Gasteiger partial charge in [0.2, 0.25) is 0 Å². The summed E-state index contributed by atoms with van der Waals surface area (Å²) in [6.07, 6.45) is -0.669. The van der Waals surface area contributed by atoms with Crippen molar-refractivity contribution in [3.8, 4) is 0 Å². The molecule has 15 heavy (non-hydrogen) atoms. The van der Waals surface area contributed by atoms with Crippen LogP contribution in [-0.2, 0) is 9.53 Å². The number of ether oxygens (including phenoxy) is 1. The predicted octanol–water partition coefficient (Wildman–Crippen LogP) is 3.25. The molecule has 0 spiro atoms. The highest BCUT2D eigenvalue weighted by molar-refractivity contribution is 9.10. The quantitative estimate of drug-likeness (QED) is 0.843. The topological polar surface area (TPSA) is 26.3 Å². The van der Waals surface area contributed by atoms with Crippen molar-refractivity contribution >= 4 is 21.7 Å². The second-order valence-corrected chi connectivity index (χ2v) is 3.97. The number of Topliss-reactive ketones (excluding diaryl/α,β-unsaturated/α-hetero) is 1. The largest absolute Gasteiger partial charge is 0.366 e. The molecule has 0 aliphatic carbocycles. The van der Waals surface area contributed by atoms with Crippen LogP contribution < -0.4 is 0 Å². The Morgan fingerprint density at radius 2 is 2.27 bits per heavy atom. The summed E-state index contributed by atoms with van der Waals surface area (Å²) in [5.74, 6) is -0.517. The monoisotopic (exact) mass is 274 g/mol. The summed E-state index contributed by atoms with van der Waals surface area (Å²) >= 11 is 3.05. The lowest BCUT2D eigenvalue weighted by Crippen LogP contribution is -2.13. The van der Waals surface area contributed by atoms with Crippen molar-refractivity contribution in [2.45, 2.75) is 20.0 Å². The van der Waals surface area contributed by atoms with Crippen LogP contribution in [0.4, 0.5) is 4.39 Å². The molecule has 0 bridgehead atoms. The highest BCUT2D eigenvalue weighted by Crippen LogP contribution is 2.23. The van der Waals surface area contributed by atoms with E-state index in [1.807, 2.05) is 0 Å². The molecule has 2 nitrogen and oxygen atoms in total. The first-order valence-electron chi connectivity index (χ1n) is 4.63. The molecule has 1 rings (SSSR count). The van der Waals surface area contributed by atoms with E-state index in [4.69, 9.17) is 4.74 Å². The third-order valence-corrected chi connectivity index (χ3v) is 2.59. The van der Waals surface area contributed by atoms with Gasteiger partial charge in [0.25, 0.3) is 0 Å². The van der Waals surface area contributed by atoms with Gasteiger partial charge in [-0.2, -0.15) is 0 Å². The maximum atomic E-state index is 13.2. The second kappa shape index (κ2) is 5.37. The highest BCUT2D eigenvalue weighted by atomic mass is 79.9. The molecule has 0 saturated carbocycles. The SMILES string of the molecule is CCOC(C(C)=O)c1ccc(Br)c(F)c1. The van der Waals surface area contributed by atoms with Crippen molar-refractivity contribution in [3.05, 3.63) is 34.1 Å². The first kappa shape index (κ1) is 12.3. The average Bonchev–Trinajstić information content (AvgIpc) is 2.18. The van der Waals surface area contributed by atoms with Crippen LogP contribution in [0.25, 0.3) is 0 Å². The summed E-state index contributed by atoms with van der Waals surface area (Å²) in [6.45, 7) is 3.65. The lowest BCUT2D eigenvalue weighted by Gasteiger charge is -2.14. The maximum absolute atomic E-state index is 13.2. The van der Waals surface area contributed by atoms with E-state index in [0.717, 1.165) is 0 Å². The van der Waals surface area contributed by atoms with Gasteiger partial charge in [0.15, 0.2) is 5.78 Å². The molecule has 0 saturated heterocycles. The Bertz CT molecular complexity index is 366. The molecule has 0 radical (unpaired) electrons. The number of hydrogen-bond donors (Lipinski definition) is 0. The van der Waals surface area contributed by atoms with Crippen molar-refractivity contribution in [1.29, 1.82) is 0 Å². The van der Waals surface area contributed by atoms with E-state index >= 15 is 0 Å². The fourth-order valence-electron chi connectivity index (χ4n) is 1.29. The maximum Gasteiger partial charge on any atom is 0.163 e. The molecular formula is C11H12BrFO2. The predicted molar refractivity (Wildman–Crippen MR) is 59.1 cm³/mol. The van der Waals surface area contributed by atoms with E-state index in [1.165, 1.54) is 13.0 Å². The van der Waals surface area contributed by atoms with Gasteiger partial charge in [-0.15, -0.1) is 0 Å². The Morgan fingerprint density at radius 3 is 2.73 bits per heavy atom. The third kappa shape index (κ3) is 3.11. The summed E-state index contributed by atoms with van der Waals surface area (Å²) in [4.78, 5) is 11.3. The van der Waals surface area contributed by atoms with Gasteiger partial charge in [-0.25, -0.2) is 4.39 Å². The zero-order valence-corrected chi connectivity index (χ0v) is 10.2. The first-order valence-corrected chi connectivity index (χ1v) is 5.42. The van der Waals surface area contributed by atoms with Gasteiger partial charge < -0.3 is 4.74 Å². The molecular weight excluding hydrogens is 263 g/mol. The minimum absolute atomic E-state index is 0.126. The summed E-state index contributed by atoms with van der Waals surface area (Å²) in [5, 5.41) is 0. The number of carbonyl (C=O) groups excluding carboxylic acids is 1. The summed E-state index contributed by atoms with van der Waals surface area (Å²) < 4.78 is 18.9. The van der Waals surface area contributed by atoms with Crippen molar-refractivity contribution < 1.29 is 13.9 Å². The lowest BCUT2D eigenvalue weighted by atomic mass is 10.1. The van der Waals surface area contributed by atoms with Crippen LogP contribution in [0.2, 0.25) is 0 Å². The number of halogens is 2. The Hall–Kier alpha value is -0.740. The Labute approximate surface area is 96.6 Å². The van der Waals surface area contributed by atoms with E-state index in [0.29, 0.717) is 16.6 Å². The fraction of sp³-hybridized carbons (Fsp3) is 0.364. The molecule has 1 unspecified atom stereocenters. The minimum Gasteiger partial charge on any atom is -0.366 e. The zero-order valence-electron chi connectivity index (χ0n) is 8.59. The van der Waals surface area contributed by atoms with Gasteiger partial charge >= 0.3 is 0 Å². The smallest absolute Gasteiger partial charge is 0.163 e. The molecule has 1 atom stereocenters. The van der Waals surface area contributed by atoms with Crippen LogP contribution in [0.5, 0.6) is 0 Å². The van der Waals surface area contributed by atoms with E-state index in [1.54, 1.807) is 19.1 Å². The van der Waals surface area contributed by atoms with Gasteiger partial charge in [-0.3, -0.25) is 4.79 Å². The van der Waals surface area contributed by atoms with Crippen molar-refractivity contribution in [2.75, 3.05) is 6.61 Å². The van der Waals surface area contributed by atoms with Crippen molar-refractivity contribution in [3.63, 3.8) is 0 Å². The molecule has 0 aromatic heterocycles. The Morgan fingerprint density at radius 1 is 1.60 bits per heavy atom. The average molecular weight is 275 g/mol. The molecule has 0 N–H and O–H groups in total. The lowest BCUT2D eigenvalue weighted by molar-refractivity contribution is -0.128. The summed E-state index contributed by atoms with van der Waals surface area (Å²) in [7, 11) is 0. The van der Waals surface area contributed by atoms with Gasteiger partial charge in [0, 0.05) is 6.61 Å². The molecule has 1 aromatic carbocycles. The van der Waals surface area contributed by atoms with Crippen LogP contribution in [-0.4, -0.2) is 12.4 Å². The Balaban J connectivity index is 3.01. The van der Waals surface area contributed by atoms with Crippen LogP contribution in [0, 0.1) is 5.82 Å². The molecule has 0 aliphatic heterocycles. The fourth-order valence-corrected chi connectivity index (χ4v) is 1.54. The van der Waals surface area contributed by atoms with Gasteiger partial charge in [-0.05, 0) is 47.5 Å².